The van der Waals surface area contributed by atoms with E-state index in [1.807, 2.05) is 34.6 Å². The maximum Gasteiger partial charge on any atom is 0.410 e. The van der Waals surface area contributed by atoms with Crippen molar-refractivity contribution >= 4 is 6.09 Å². The van der Waals surface area contributed by atoms with E-state index in [4.69, 9.17) is 14.2 Å². The highest BCUT2D eigenvalue weighted by atomic mass is 16.8. The molecule has 2 rings (SSSR count). The topological polar surface area (TPSA) is 68.2 Å². The second-order valence-corrected chi connectivity index (χ2v) is 6.52. The number of hydrogen-bond acceptors (Lipinski definition) is 5. The molecule has 6 heteroatoms. The fourth-order valence-corrected chi connectivity index (χ4v) is 2.57. The summed E-state index contributed by atoms with van der Waals surface area (Å²) in [6.07, 6.45) is -0.946. The Labute approximate surface area is 113 Å². The van der Waals surface area contributed by atoms with E-state index < -0.39 is 23.5 Å². The smallest absolute Gasteiger partial charge is 0.410 e. The lowest BCUT2D eigenvalue weighted by Crippen LogP contribution is -2.46. The van der Waals surface area contributed by atoms with Crippen LogP contribution in [0.2, 0.25) is 0 Å². The van der Waals surface area contributed by atoms with Crippen molar-refractivity contribution in [3.8, 4) is 0 Å². The Morgan fingerprint density at radius 3 is 2.58 bits per heavy atom. The summed E-state index contributed by atoms with van der Waals surface area (Å²) >= 11 is 0. The van der Waals surface area contributed by atoms with Crippen LogP contribution >= 0.6 is 0 Å². The molecule has 0 saturated carbocycles. The van der Waals surface area contributed by atoms with Crippen molar-refractivity contribution in [2.75, 3.05) is 13.2 Å². The average molecular weight is 273 g/mol. The molecular weight excluding hydrogens is 250 g/mol. The largest absolute Gasteiger partial charge is 0.444 e. The van der Waals surface area contributed by atoms with Gasteiger partial charge in [-0.1, -0.05) is 0 Å². The van der Waals surface area contributed by atoms with Gasteiger partial charge in [0.1, 0.15) is 17.8 Å². The number of hydrogen-bond donors (Lipinski definition) is 1. The second kappa shape index (κ2) is 4.61. The quantitative estimate of drug-likeness (QED) is 0.775. The van der Waals surface area contributed by atoms with Crippen LogP contribution in [0.3, 0.4) is 0 Å². The number of carbonyl (C=O) groups excluding carboxylic acids is 1. The lowest BCUT2D eigenvalue weighted by atomic mass is 10.1. The molecule has 2 aliphatic heterocycles. The Morgan fingerprint density at radius 2 is 2.05 bits per heavy atom. The zero-order valence-corrected chi connectivity index (χ0v) is 12.2. The Morgan fingerprint density at radius 1 is 1.42 bits per heavy atom. The standard InChI is InChI=1S/C13H23NO5/c1-12(2,3)19-11(16)14-6-9-10(8(14)7-15)18-13(4,5)17-9/h8-10,15H,6-7H2,1-5H3/t8-,9?,10?/m1/s1. The molecule has 3 atom stereocenters. The van der Waals surface area contributed by atoms with Crippen molar-refractivity contribution in [3.63, 3.8) is 0 Å². The number of carbonyl (C=O) groups is 1. The van der Waals surface area contributed by atoms with Gasteiger partial charge in [0.05, 0.1) is 19.2 Å². The molecule has 2 saturated heterocycles. The van der Waals surface area contributed by atoms with Crippen LogP contribution in [0.15, 0.2) is 0 Å². The first kappa shape index (κ1) is 14.6. The maximum absolute atomic E-state index is 12.1. The van der Waals surface area contributed by atoms with E-state index in [1.54, 1.807) is 0 Å². The van der Waals surface area contributed by atoms with Crippen LogP contribution in [-0.4, -0.2) is 58.9 Å². The lowest BCUT2D eigenvalue weighted by molar-refractivity contribution is -0.162. The Kier molecular flexibility index (Phi) is 3.53. The number of likely N-dealkylation sites (tertiary alicyclic amines) is 1. The summed E-state index contributed by atoms with van der Waals surface area (Å²) in [6, 6.07) is -0.415. The number of amides is 1. The average Bonchev–Trinajstić information content (AvgIpc) is 2.66. The van der Waals surface area contributed by atoms with E-state index >= 15 is 0 Å². The Bertz CT molecular complexity index is 363. The molecule has 2 heterocycles. The third-order valence-corrected chi connectivity index (χ3v) is 3.19. The Balaban J connectivity index is 2.07. The second-order valence-electron chi connectivity index (χ2n) is 6.52. The van der Waals surface area contributed by atoms with Crippen LogP contribution in [0.1, 0.15) is 34.6 Å². The van der Waals surface area contributed by atoms with Gasteiger partial charge in [-0.25, -0.2) is 4.79 Å². The summed E-state index contributed by atoms with van der Waals surface area (Å²) in [5.41, 5.74) is -0.560. The molecule has 0 bridgehead atoms. The third-order valence-electron chi connectivity index (χ3n) is 3.19. The van der Waals surface area contributed by atoms with Crippen LogP contribution in [0.5, 0.6) is 0 Å². The fraction of sp³-hybridized carbons (Fsp3) is 0.923. The molecule has 110 valence electrons. The van der Waals surface area contributed by atoms with Crippen molar-refractivity contribution < 1.29 is 24.1 Å². The van der Waals surface area contributed by atoms with Gasteiger partial charge in [0.15, 0.2) is 5.79 Å². The zero-order valence-electron chi connectivity index (χ0n) is 12.2. The molecule has 0 aliphatic carbocycles. The molecule has 0 spiro atoms. The summed E-state index contributed by atoms with van der Waals surface area (Å²) in [5.74, 6) is -0.664. The van der Waals surface area contributed by atoms with Crippen molar-refractivity contribution in [3.05, 3.63) is 0 Å². The first-order valence-electron chi connectivity index (χ1n) is 6.59. The number of aliphatic hydroxyl groups is 1. The van der Waals surface area contributed by atoms with Crippen LogP contribution in [-0.2, 0) is 14.2 Å². The summed E-state index contributed by atoms with van der Waals surface area (Å²) in [4.78, 5) is 13.6. The molecule has 0 aromatic carbocycles. The first-order valence-corrected chi connectivity index (χ1v) is 6.59. The van der Waals surface area contributed by atoms with E-state index in [9.17, 15) is 9.90 Å². The van der Waals surface area contributed by atoms with Gasteiger partial charge in [0.2, 0.25) is 0 Å². The minimum absolute atomic E-state index is 0.167. The van der Waals surface area contributed by atoms with Crippen molar-refractivity contribution in [1.29, 1.82) is 0 Å². The zero-order chi connectivity index (χ0) is 14.4. The van der Waals surface area contributed by atoms with E-state index in [1.165, 1.54) is 4.90 Å². The summed E-state index contributed by atoms with van der Waals surface area (Å²) in [5, 5.41) is 9.52. The Hall–Kier alpha value is -0.850. The maximum atomic E-state index is 12.1. The molecule has 2 fully saturated rings. The van der Waals surface area contributed by atoms with E-state index in [0.717, 1.165) is 0 Å². The molecule has 0 aromatic heterocycles. The van der Waals surface area contributed by atoms with Crippen LogP contribution in [0.25, 0.3) is 0 Å². The summed E-state index contributed by atoms with van der Waals surface area (Å²) < 4.78 is 16.8. The summed E-state index contributed by atoms with van der Waals surface area (Å²) in [7, 11) is 0. The van der Waals surface area contributed by atoms with Gasteiger partial charge in [-0.3, -0.25) is 4.90 Å². The van der Waals surface area contributed by atoms with Gasteiger partial charge >= 0.3 is 6.09 Å². The number of rotatable bonds is 1. The molecule has 6 nitrogen and oxygen atoms in total. The molecule has 1 N–H and O–H groups in total. The number of aliphatic hydroxyl groups excluding tert-OH is 1. The van der Waals surface area contributed by atoms with Crippen molar-refractivity contribution in [2.45, 2.75) is 64.3 Å². The molecule has 0 aromatic rings. The van der Waals surface area contributed by atoms with Crippen LogP contribution in [0, 0.1) is 0 Å². The number of fused-ring (bicyclic) bond motifs is 1. The van der Waals surface area contributed by atoms with Crippen LogP contribution < -0.4 is 0 Å². The molecule has 0 radical (unpaired) electrons. The number of ether oxygens (including phenoxy) is 3. The van der Waals surface area contributed by atoms with E-state index in [0.29, 0.717) is 6.54 Å². The predicted molar refractivity (Wildman–Crippen MR) is 67.6 cm³/mol. The molecule has 2 aliphatic rings. The lowest BCUT2D eigenvalue weighted by Gasteiger charge is -2.30. The molecular formula is C13H23NO5. The van der Waals surface area contributed by atoms with E-state index in [-0.39, 0.29) is 18.8 Å². The minimum Gasteiger partial charge on any atom is -0.444 e. The fourth-order valence-electron chi connectivity index (χ4n) is 2.57. The third kappa shape index (κ3) is 3.01. The van der Waals surface area contributed by atoms with Crippen molar-refractivity contribution in [1.82, 2.24) is 4.90 Å². The van der Waals surface area contributed by atoms with Gasteiger partial charge in [-0.05, 0) is 34.6 Å². The van der Waals surface area contributed by atoms with Gasteiger partial charge < -0.3 is 19.3 Å². The molecule has 1 amide bonds. The highest BCUT2D eigenvalue weighted by molar-refractivity contribution is 5.69. The normalized spacial score (nSPS) is 33.4. The molecule has 2 unspecified atom stereocenters. The highest BCUT2D eigenvalue weighted by Gasteiger charge is 2.54. The van der Waals surface area contributed by atoms with E-state index in [2.05, 4.69) is 0 Å². The van der Waals surface area contributed by atoms with Gasteiger partial charge in [0, 0.05) is 0 Å². The number of nitrogens with zero attached hydrogens (tertiary/aromatic N) is 1. The van der Waals surface area contributed by atoms with Gasteiger partial charge in [-0.2, -0.15) is 0 Å². The predicted octanol–water partition coefficient (Wildman–Crippen LogP) is 1.12. The SMILES string of the molecule is CC(C)(C)OC(=O)N1CC2OC(C)(C)OC2[C@H]1CO. The van der Waals surface area contributed by atoms with Crippen molar-refractivity contribution in [2.24, 2.45) is 0 Å². The highest BCUT2D eigenvalue weighted by Crippen LogP contribution is 2.37. The van der Waals surface area contributed by atoms with Crippen LogP contribution in [0.4, 0.5) is 4.79 Å². The van der Waals surface area contributed by atoms with Gasteiger partial charge in [0.25, 0.3) is 0 Å². The monoisotopic (exact) mass is 273 g/mol. The van der Waals surface area contributed by atoms with Gasteiger partial charge in [-0.15, -0.1) is 0 Å². The first-order chi connectivity index (χ1) is 8.63. The molecule has 19 heavy (non-hydrogen) atoms. The minimum atomic E-state index is -0.664. The summed E-state index contributed by atoms with van der Waals surface area (Å²) in [6.45, 7) is 9.31.